The fourth-order valence-electron chi connectivity index (χ4n) is 3.96. The van der Waals surface area contributed by atoms with E-state index in [9.17, 15) is 18.3 Å². The smallest absolute Gasteiger partial charge is 0.396 e. The standard InChI is InChI=1S/C19H35F3N4O2.HI/c1-2-23-17(25-13-18(6-11-27)7-12-28-15-18)24-8-3-16-4-9-26(10-5-16)14-19(20,21)22;/h16,27H,2-15H2,1H3,(H2,23,24,25);1H. The van der Waals surface area contributed by atoms with Crippen molar-refractivity contribution < 1.29 is 23.0 Å². The van der Waals surface area contributed by atoms with Gasteiger partial charge in [-0.05, 0) is 58.0 Å². The number of nitrogens with zero attached hydrogens (tertiary/aromatic N) is 2. The maximum Gasteiger partial charge on any atom is 0.401 e. The Kier molecular flexibility index (Phi) is 12.1. The van der Waals surface area contributed by atoms with Gasteiger partial charge in [0.15, 0.2) is 5.96 Å². The highest BCUT2D eigenvalue weighted by atomic mass is 127. The molecule has 29 heavy (non-hydrogen) atoms. The van der Waals surface area contributed by atoms with Gasteiger partial charge >= 0.3 is 6.18 Å². The van der Waals surface area contributed by atoms with E-state index in [-0.39, 0.29) is 36.0 Å². The average Bonchev–Trinajstić information content (AvgIpc) is 3.09. The van der Waals surface area contributed by atoms with Gasteiger partial charge in [-0.15, -0.1) is 24.0 Å². The molecule has 172 valence electrons. The number of hydrogen-bond acceptors (Lipinski definition) is 4. The molecule has 0 aromatic rings. The highest BCUT2D eigenvalue weighted by molar-refractivity contribution is 14.0. The summed E-state index contributed by atoms with van der Waals surface area (Å²) in [6, 6.07) is 0. The average molecular weight is 536 g/mol. The Morgan fingerprint density at radius 2 is 2.00 bits per heavy atom. The van der Waals surface area contributed by atoms with E-state index in [4.69, 9.17) is 9.73 Å². The topological polar surface area (TPSA) is 69.1 Å². The van der Waals surface area contributed by atoms with Crippen LogP contribution in [0.1, 0.15) is 39.0 Å². The molecule has 2 rings (SSSR count). The van der Waals surface area contributed by atoms with E-state index in [0.29, 0.717) is 45.2 Å². The summed E-state index contributed by atoms with van der Waals surface area (Å²) in [5.74, 6) is 1.20. The molecule has 1 atom stereocenters. The number of hydrogen-bond donors (Lipinski definition) is 3. The van der Waals surface area contributed by atoms with Crippen molar-refractivity contribution in [2.45, 2.75) is 45.2 Å². The van der Waals surface area contributed by atoms with E-state index in [0.717, 1.165) is 44.7 Å². The van der Waals surface area contributed by atoms with Gasteiger partial charge in [0.1, 0.15) is 0 Å². The van der Waals surface area contributed by atoms with Crippen molar-refractivity contribution in [3.8, 4) is 0 Å². The van der Waals surface area contributed by atoms with Crippen LogP contribution in [0.2, 0.25) is 0 Å². The lowest BCUT2D eigenvalue weighted by atomic mass is 9.84. The second kappa shape index (κ2) is 13.2. The highest BCUT2D eigenvalue weighted by Crippen LogP contribution is 2.32. The second-order valence-corrected chi connectivity index (χ2v) is 8.02. The molecule has 0 saturated carbocycles. The molecule has 0 aliphatic carbocycles. The lowest BCUT2D eigenvalue weighted by Crippen LogP contribution is -2.42. The van der Waals surface area contributed by atoms with Crippen molar-refractivity contribution in [2.75, 3.05) is 59.1 Å². The minimum absolute atomic E-state index is 0. The molecule has 2 fully saturated rings. The molecule has 2 saturated heterocycles. The van der Waals surface area contributed by atoms with E-state index < -0.39 is 12.7 Å². The summed E-state index contributed by atoms with van der Waals surface area (Å²) in [6.07, 6.45) is 0.0304. The van der Waals surface area contributed by atoms with Gasteiger partial charge in [0.25, 0.3) is 0 Å². The van der Waals surface area contributed by atoms with Crippen molar-refractivity contribution >= 4 is 29.9 Å². The van der Waals surface area contributed by atoms with Crippen molar-refractivity contribution in [3.63, 3.8) is 0 Å². The van der Waals surface area contributed by atoms with Crippen molar-refractivity contribution in [1.82, 2.24) is 15.5 Å². The number of aliphatic hydroxyl groups excluding tert-OH is 1. The third-order valence-electron chi connectivity index (χ3n) is 5.70. The fraction of sp³-hybridized carbons (Fsp3) is 0.947. The number of nitrogens with one attached hydrogen (secondary N) is 2. The van der Waals surface area contributed by atoms with Crippen LogP contribution in [-0.2, 0) is 4.74 Å². The maximum absolute atomic E-state index is 12.5. The second-order valence-electron chi connectivity index (χ2n) is 8.02. The van der Waals surface area contributed by atoms with Gasteiger partial charge in [0, 0.05) is 31.7 Å². The summed E-state index contributed by atoms with van der Waals surface area (Å²) in [5, 5.41) is 15.9. The van der Waals surface area contributed by atoms with E-state index in [2.05, 4.69) is 10.6 Å². The Hall–Kier alpha value is -0.330. The van der Waals surface area contributed by atoms with Gasteiger partial charge < -0.3 is 20.5 Å². The van der Waals surface area contributed by atoms with Gasteiger partial charge in [0.05, 0.1) is 19.7 Å². The first-order valence-electron chi connectivity index (χ1n) is 10.4. The summed E-state index contributed by atoms with van der Waals surface area (Å²) >= 11 is 0. The number of rotatable bonds is 9. The molecule has 2 heterocycles. The zero-order chi connectivity index (χ0) is 20.5. The molecule has 2 aliphatic rings. The normalized spacial score (nSPS) is 24.4. The summed E-state index contributed by atoms with van der Waals surface area (Å²) in [7, 11) is 0. The molecule has 3 N–H and O–H groups in total. The lowest BCUT2D eigenvalue weighted by molar-refractivity contribution is -0.148. The molecule has 0 amide bonds. The number of aliphatic imine (C=N–C) groups is 1. The number of alkyl halides is 3. The molecule has 6 nitrogen and oxygen atoms in total. The maximum atomic E-state index is 12.5. The SMILES string of the molecule is CCNC(=NCC1(CCO)CCOC1)NCCC1CCN(CC(F)(F)F)CC1.I. The van der Waals surface area contributed by atoms with Crippen LogP contribution in [0.3, 0.4) is 0 Å². The Labute approximate surface area is 189 Å². The monoisotopic (exact) mass is 536 g/mol. The quantitative estimate of drug-likeness (QED) is 0.240. The Balaban J connectivity index is 0.00000420. The van der Waals surface area contributed by atoms with Crippen LogP contribution in [0, 0.1) is 11.3 Å². The van der Waals surface area contributed by atoms with Crippen LogP contribution in [0.5, 0.6) is 0 Å². The van der Waals surface area contributed by atoms with Gasteiger partial charge in [-0.1, -0.05) is 0 Å². The van der Waals surface area contributed by atoms with Crippen molar-refractivity contribution in [3.05, 3.63) is 0 Å². The van der Waals surface area contributed by atoms with Gasteiger partial charge in [-0.25, -0.2) is 0 Å². The molecule has 0 bridgehead atoms. The summed E-state index contributed by atoms with van der Waals surface area (Å²) < 4.78 is 42.9. The van der Waals surface area contributed by atoms with Crippen LogP contribution < -0.4 is 10.6 Å². The summed E-state index contributed by atoms with van der Waals surface area (Å²) in [4.78, 5) is 6.19. The zero-order valence-electron chi connectivity index (χ0n) is 17.3. The van der Waals surface area contributed by atoms with E-state index in [1.165, 1.54) is 4.90 Å². The Morgan fingerprint density at radius 3 is 2.55 bits per heavy atom. The molecular formula is C19H36F3IN4O2. The summed E-state index contributed by atoms with van der Waals surface area (Å²) in [5.41, 5.74) is -0.0809. The number of piperidine rings is 1. The molecule has 0 aromatic carbocycles. The third-order valence-corrected chi connectivity index (χ3v) is 5.70. The first-order valence-corrected chi connectivity index (χ1v) is 10.4. The van der Waals surface area contributed by atoms with Crippen molar-refractivity contribution in [1.29, 1.82) is 0 Å². The Morgan fingerprint density at radius 1 is 1.28 bits per heavy atom. The third kappa shape index (κ3) is 10.0. The van der Waals surface area contributed by atoms with Crippen LogP contribution in [0.4, 0.5) is 13.2 Å². The van der Waals surface area contributed by atoms with Crippen LogP contribution in [0.15, 0.2) is 4.99 Å². The first-order chi connectivity index (χ1) is 13.4. The molecule has 10 heteroatoms. The minimum Gasteiger partial charge on any atom is -0.396 e. The van der Waals surface area contributed by atoms with Crippen LogP contribution >= 0.6 is 24.0 Å². The largest absolute Gasteiger partial charge is 0.401 e. The van der Waals surface area contributed by atoms with E-state index >= 15 is 0 Å². The number of guanidine groups is 1. The molecule has 0 aromatic heterocycles. The zero-order valence-corrected chi connectivity index (χ0v) is 19.6. The predicted molar refractivity (Wildman–Crippen MR) is 119 cm³/mol. The van der Waals surface area contributed by atoms with E-state index in [1.54, 1.807) is 0 Å². The van der Waals surface area contributed by atoms with Crippen LogP contribution in [0.25, 0.3) is 0 Å². The number of aliphatic hydroxyl groups is 1. The number of halogens is 4. The van der Waals surface area contributed by atoms with Gasteiger partial charge in [-0.3, -0.25) is 9.89 Å². The van der Waals surface area contributed by atoms with E-state index in [1.807, 2.05) is 6.92 Å². The lowest BCUT2D eigenvalue weighted by Gasteiger charge is -2.32. The van der Waals surface area contributed by atoms with Gasteiger partial charge in [-0.2, -0.15) is 13.2 Å². The Bertz CT molecular complexity index is 481. The number of likely N-dealkylation sites (tertiary alicyclic amines) is 1. The predicted octanol–water partition coefficient (Wildman–Crippen LogP) is 2.61. The minimum atomic E-state index is -4.11. The molecule has 1 unspecified atom stereocenters. The molecule has 0 spiro atoms. The van der Waals surface area contributed by atoms with Gasteiger partial charge in [0.2, 0.25) is 0 Å². The molecular weight excluding hydrogens is 500 g/mol. The fourth-order valence-corrected chi connectivity index (χ4v) is 3.96. The van der Waals surface area contributed by atoms with Crippen molar-refractivity contribution in [2.24, 2.45) is 16.3 Å². The number of ether oxygens (including phenoxy) is 1. The first kappa shape index (κ1) is 26.7. The van der Waals surface area contributed by atoms with Crippen LogP contribution in [-0.4, -0.2) is 81.2 Å². The molecule has 0 radical (unpaired) electrons. The highest BCUT2D eigenvalue weighted by Gasteiger charge is 2.34. The molecule has 2 aliphatic heterocycles. The summed E-state index contributed by atoms with van der Waals surface area (Å²) in [6.45, 7) is 5.84.